The van der Waals surface area contributed by atoms with Gasteiger partial charge in [-0.05, 0) is 25.0 Å². The van der Waals surface area contributed by atoms with Gasteiger partial charge in [-0.1, -0.05) is 6.07 Å². The number of piperidine rings is 1. The minimum absolute atomic E-state index is 0.0768. The molecule has 8 heteroatoms. The number of aromatic amines is 1. The molecule has 1 fully saturated rings. The van der Waals surface area contributed by atoms with Crippen LogP contribution < -0.4 is 10.3 Å². The Morgan fingerprint density at radius 2 is 2.12 bits per heavy atom. The molecule has 0 bridgehead atoms. The van der Waals surface area contributed by atoms with Crippen LogP contribution in [0.15, 0.2) is 29.1 Å². The number of benzene rings is 1. The largest absolute Gasteiger partial charge is 0.496 e. The molecule has 1 aromatic carbocycles. The summed E-state index contributed by atoms with van der Waals surface area (Å²) in [6.07, 6.45) is 0.423. The Hall–Kier alpha value is -3.03. The normalized spacial score (nSPS) is 15.8. The molecule has 1 aliphatic rings. The molecule has 0 saturated carbocycles. The summed E-state index contributed by atoms with van der Waals surface area (Å²) in [5.74, 6) is 0.731. The van der Waals surface area contributed by atoms with E-state index in [4.69, 9.17) is 14.8 Å². The van der Waals surface area contributed by atoms with Gasteiger partial charge < -0.3 is 14.7 Å². The number of amides is 1. The van der Waals surface area contributed by atoms with Gasteiger partial charge in [0.15, 0.2) is 5.65 Å². The third-order valence-electron chi connectivity index (χ3n) is 4.82. The maximum atomic E-state index is 12.5. The van der Waals surface area contributed by atoms with Gasteiger partial charge in [-0.3, -0.25) is 9.89 Å². The maximum absolute atomic E-state index is 12.5. The maximum Gasteiger partial charge on any atom is 0.407 e. The monoisotopic (exact) mass is 342 g/mol. The number of hydrogen-bond donors (Lipinski definition) is 2. The Bertz CT molecular complexity index is 1010. The van der Waals surface area contributed by atoms with Crippen LogP contribution in [0.5, 0.6) is 5.75 Å². The van der Waals surface area contributed by atoms with Gasteiger partial charge in [0.1, 0.15) is 5.75 Å². The summed E-state index contributed by atoms with van der Waals surface area (Å²) in [5.41, 5.74) is 1.85. The van der Waals surface area contributed by atoms with Gasteiger partial charge in [0.05, 0.1) is 23.7 Å². The smallest absolute Gasteiger partial charge is 0.407 e. The van der Waals surface area contributed by atoms with E-state index in [9.17, 15) is 9.59 Å². The number of carbonyl (C=O) groups is 1. The number of carboxylic acid groups (broad SMARTS) is 1. The average molecular weight is 342 g/mol. The molecule has 0 unspecified atom stereocenters. The molecule has 0 aliphatic carbocycles. The van der Waals surface area contributed by atoms with Crippen LogP contribution in [0.4, 0.5) is 4.79 Å². The quantitative estimate of drug-likeness (QED) is 0.742. The molecule has 4 rings (SSSR count). The molecule has 1 aliphatic heterocycles. The number of methoxy groups -OCH3 is 1. The molecule has 3 heterocycles. The van der Waals surface area contributed by atoms with Gasteiger partial charge in [-0.2, -0.15) is 0 Å². The number of ether oxygens (including phenoxy) is 1. The van der Waals surface area contributed by atoms with E-state index in [1.165, 1.54) is 15.5 Å². The highest BCUT2D eigenvalue weighted by molar-refractivity contribution is 5.97. The van der Waals surface area contributed by atoms with E-state index < -0.39 is 6.09 Å². The van der Waals surface area contributed by atoms with Gasteiger partial charge in [0.2, 0.25) is 0 Å². The van der Waals surface area contributed by atoms with E-state index in [-0.39, 0.29) is 11.5 Å². The number of hydrogen-bond acceptors (Lipinski definition) is 4. The van der Waals surface area contributed by atoms with Crippen molar-refractivity contribution in [2.75, 3.05) is 20.2 Å². The van der Waals surface area contributed by atoms with Crippen LogP contribution in [-0.2, 0) is 0 Å². The molecule has 2 aromatic heterocycles. The summed E-state index contributed by atoms with van der Waals surface area (Å²) in [7, 11) is 1.59. The van der Waals surface area contributed by atoms with Gasteiger partial charge in [-0.15, -0.1) is 0 Å². The second kappa shape index (κ2) is 5.80. The molecular formula is C17H18N4O4. The Morgan fingerprint density at radius 3 is 2.80 bits per heavy atom. The SMILES string of the molecule is COc1cccc2[nH]n3c(=O)cc(C4CCN(C(=O)O)CC4)nc3c12. The number of fused-ring (bicyclic) bond motifs is 3. The van der Waals surface area contributed by atoms with Crippen molar-refractivity contribution >= 4 is 22.6 Å². The Kier molecular flexibility index (Phi) is 3.60. The van der Waals surface area contributed by atoms with E-state index in [2.05, 4.69) is 5.10 Å². The standard InChI is InChI=1S/C17H18N4O4/c1-25-13-4-2-3-11-15(13)16-18-12(9-14(22)21(16)19-11)10-5-7-20(8-6-10)17(23)24/h2-4,9-10,19H,5-8H2,1H3,(H,23,24). The first-order valence-electron chi connectivity index (χ1n) is 8.14. The first kappa shape index (κ1) is 15.5. The van der Waals surface area contributed by atoms with Crippen molar-refractivity contribution in [3.05, 3.63) is 40.3 Å². The predicted octanol–water partition coefficient (Wildman–Crippen LogP) is 2.04. The molecule has 0 atom stereocenters. The van der Waals surface area contributed by atoms with E-state index in [0.717, 1.165) is 10.9 Å². The Balaban J connectivity index is 1.80. The van der Waals surface area contributed by atoms with E-state index >= 15 is 0 Å². The zero-order chi connectivity index (χ0) is 17.6. The lowest BCUT2D eigenvalue weighted by Gasteiger charge is -2.29. The first-order valence-corrected chi connectivity index (χ1v) is 8.14. The topological polar surface area (TPSA) is 99.9 Å². The van der Waals surface area contributed by atoms with Gasteiger partial charge >= 0.3 is 6.09 Å². The number of H-pyrrole nitrogens is 1. The van der Waals surface area contributed by atoms with Crippen LogP contribution in [0.3, 0.4) is 0 Å². The van der Waals surface area contributed by atoms with Gasteiger partial charge in [0, 0.05) is 25.1 Å². The van der Waals surface area contributed by atoms with Crippen molar-refractivity contribution in [1.82, 2.24) is 19.5 Å². The number of aromatic nitrogens is 3. The fourth-order valence-corrected chi connectivity index (χ4v) is 3.50. The second-order valence-electron chi connectivity index (χ2n) is 6.22. The van der Waals surface area contributed by atoms with Crippen molar-refractivity contribution in [2.45, 2.75) is 18.8 Å². The van der Waals surface area contributed by atoms with Crippen LogP contribution in [0.25, 0.3) is 16.6 Å². The lowest BCUT2D eigenvalue weighted by Crippen LogP contribution is -2.37. The third kappa shape index (κ3) is 2.50. The van der Waals surface area contributed by atoms with E-state index in [1.54, 1.807) is 7.11 Å². The number of likely N-dealkylation sites (tertiary alicyclic amines) is 1. The van der Waals surface area contributed by atoms with Crippen LogP contribution in [-0.4, -0.2) is 50.9 Å². The molecule has 0 spiro atoms. The predicted molar refractivity (Wildman–Crippen MR) is 91.4 cm³/mol. The summed E-state index contributed by atoms with van der Waals surface area (Å²) in [6.45, 7) is 0.913. The van der Waals surface area contributed by atoms with Crippen LogP contribution in [0, 0.1) is 0 Å². The molecule has 0 radical (unpaired) electrons. The van der Waals surface area contributed by atoms with Crippen LogP contribution in [0.1, 0.15) is 24.5 Å². The molecule has 2 N–H and O–H groups in total. The number of rotatable bonds is 2. The Morgan fingerprint density at radius 1 is 1.36 bits per heavy atom. The van der Waals surface area contributed by atoms with Crippen molar-refractivity contribution in [3.8, 4) is 5.75 Å². The van der Waals surface area contributed by atoms with Gasteiger partial charge in [0.25, 0.3) is 5.56 Å². The minimum atomic E-state index is -0.900. The fourth-order valence-electron chi connectivity index (χ4n) is 3.50. The molecule has 8 nitrogen and oxygen atoms in total. The minimum Gasteiger partial charge on any atom is -0.496 e. The lowest BCUT2D eigenvalue weighted by atomic mass is 9.93. The van der Waals surface area contributed by atoms with E-state index in [0.29, 0.717) is 43.0 Å². The first-order chi connectivity index (χ1) is 12.1. The van der Waals surface area contributed by atoms with Crippen molar-refractivity contribution < 1.29 is 14.6 Å². The molecular weight excluding hydrogens is 324 g/mol. The highest BCUT2D eigenvalue weighted by atomic mass is 16.5. The summed E-state index contributed by atoms with van der Waals surface area (Å²) in [4.78, 5) is 29.7. The molecule has 25 heavy (non-hydrogen) atoms. The van der Waals surface area contributed by atoms with Crippen molar-refractivity contribution in [1.29, 1.82) is 0 Å². The highest BCUT2D eigenvalue weighted by Gasteiger charge is 2.25. The summed E-state index contributed by atoms with van der Waals surface area (Å²) in [6, 6.07) is 7.09. The van der Waals surface area contributed by atoms with Crippen LogP contribution >= 0.6 is 0 Å². The zero-order valence-corrected chi connectivity index (χ0v) is 13.7. The summed E-state index contributed by atoms with van der Waals surface area (Å²) in [5, 5.41) is 12.9. The third-order valence-corrected chi connectivity index (χ3v) is 4.82. The second-order valence-corrected chi connectivity index (χ2v) is 6.22. The average Bonchev–Trinajstić information content (AvgIpc) is 3.01. The van der Waals surface area contributed by atoms with E-state index in [1.807, 2.05) is 18.2 Å². The Labute approximate surface area is 142 Å². The molecule has 3 aromatic rings. The molecule has 130 valence electrons. The van der Waals surface area contributed by atoms with Crippen molar-refractivity contribution in [3.63, 3.8) is 0 Å². The van der Waals surface area contributed by atoms with Gasteiger partial charge in [-0.25, -0.2) is 14.3 Å². The van der Waals surface area contributed by atoms with Crippen molar-refractivity contribution in [2.24, 2.45) is 0 Å². The lowest BCUT2D eigenvalue weighted by molar-refractivity contribution is 0.131. The summed E-state index contributed by atoms with van der Waals surface area (Å²) < 4.78 is 6.83. The highest BCUT2D eigenvalue weighted by Crippen LogP contribution is 2.30. The zero-order valence-electron chi connectivity index (χ0n) is 13.7. The number of nitrogens with one attached hydrogen (secondary N) is 1. The molecule has 1 amide bonds. The fraction of sp³-hybridized carbons (Fsp3) is 0.353. The summed E-state index contributed by atoms with van der Waals surface area (Å²) >= 11 is 0. The number of nitrogens with zero attached hydrogens (tertiary/aromatic N) is 3. The molecule has 1 saturated heterocycles. The van der Waals surface area contributed by atoms with Crippen LogP contribution in [0.2, 0.25) is 0 Å².